The van der Waals surface area contributed by atoms with E-state index in [4.69, 9.17) is 13.9 Å². The number of hydrogen-bond donors (Lipinski definition) is 1. The van der Waals surface area contributed by atoms with Gasteiger partial charge in [0.25, 0.3) is 0 Å². The Balaban J connectivity index is 1.68. The van der Waals surface area contributed by atoms with E-state index < -0.39 is 11.7 Å². The van der Waals surface area contributed by atoms with Crippen LogP contribution in [0.3, 0.4) is 0 Å². The molecular formula is C23H26N2O5. The van der Waals surface area contributed by atoms with Gasteiger partial charge in [0, 0.05) is 24.0 Å². The predicted molar refractivity (Wildman–Crippen MR) is 115 cm³/mol. The number of rotatable bonds is 8. The first-order chi connectivity index (χ1) is 14.4. The molecule has 0 bridgehead atoms. The van der Waals surface area contributed by atoms with Crippen molar-refractivity contribution in [3.8, 4) is 11.5 Å². The van der Waals surface area contributed by atoms with Gasteiger partial charge in [-0.15, -0.1) is 0 Å². The second-order valence-electron chi connectivity index (χ2n) is 7.24. The second-order valence-corrected chi connectivity index (χ2v) is 7.24. The van der Waals surface area contributed by atoms with Crippen molar-refractivity contribution in [1.82, 2.24) is 10.2 Å². The average molecular weight is 410 g/mol. The molecule has 1 amide bonds. The van der Waals surface area contributed by atoms with Gasteiger partial charge in [-0.3, -0.25) is 0 Å². The van der Waals surface area contributed by atoms with E-state index in [0.29, 0.717) is 29.9 Å². The summed E-state index contributed by atoms with van der Waals surface area (Å²) in [5.41, 5.74) is 1.36. The lowest BCUT2D eigenvalue weighted by atomic mass is 10.1. The summed E-state index contributed by atoms with van der Waals surface area (Å²) in [6.45, 7) is 3.62. The third kappa shape index (κ3) is 5.61. The molecule has 30 heavy (non-hydrogen) atoms. The maximum absolute atomic E-state index is 12.3. The van der Waals surface area contributed by atoms with E-state index >= 15 is 0 Å². The fourth-order valence-corrected chi connectivity index (χ4v) is 2.98. The SMILES string of the molecule is Cc1c(OCCCN(C)C)ccc2cc(OC(=O)NCc3ccccc3)c(=O)oc12. The number of carbonyl (C=O) groups is 1. The van der Waals surface area contributed by atoms with Gasteiger partial charge in [-0.2, -0.15) is 0 Å². The number of aryl methyl sites for hydroxylation is 1. The Bertz CT molecular complexity index is 1060. The molecule has 0 aliphatic carbocycles. The van der Waals surface area contributed by atoms with Crippen LogP contribution in [0.15, 0.2) is 57.7 Å². The van der Waals surface area contributed by atoms with Crippen LogP contribution in [0, 0.1) is 6.92 Å². The monoisotopic (exact) mass is 410 g/mol. The lowest BCUT2D eigenvalue weighted by molar-refractivity contribution is 0.198. The maximum atomic E-state index is 12.3. The fourth-order valence-electron chi connectivity index (χ4n) is 2.98. The molecule has 0 unspecified atom stereocenters. The zero-order valence-electron chi connectivity index (χ0n) is 17.4. The molecule has 0 atom stereocenters. The highest BCUT2D eigenvalue weighted by Crippen LogP contribution is 2.28. The standard InChI is InChI=1S/C23H26N2O5/c1-16-19(28-13-7-12-25(2)3)11-10-18-14-20(22(26)30-21(16)18)29-23(27)24-15-17-8-5-4-6-9-17/h4-6,8-11,14H,7,12-13,15H2,1-3H3,(H,24,27). The van der Waals surface area contributed by atoms with Crippen LogP contribution in [0.25, 0.3) is 11.0 Å². The number of nitrogens with one attached hydrogen (secondary N) is 1. The van der Waals surface area contributed by atoms with Crippen LogP contribution in [-0.4, -0.2) is 38.2 Å². The fraction of sp³-hybridized carbons (Fsp3) is 0.304. The molecule has 7 nitrogen and oxygen atoms in total. The molecule has 0 saturated heterocycles. The molecule has 2 aromatic carbocycles. The number of carbonyl (C=O) groups excluding carboxylic acids is 1. The summed E-state index contributed by atoms with van der Waals surface area (Å²) in [6.07, 6.45) is 0.169. The first-order valence-electron chi connectivity index (χ1n) is 9.78. The first kappa shape index (κ1) is 21.4. The van der Waals surface area contributed by atoms with Gasteiger partial charge in [0.05, 0.1) is 6.61 Å². The highest BCUT2D eigenvalue weighted by molar-refractivity contribution is 5.83. The molecular weight excluding hydrogens is 384 g/mol. The summed E-state index contributed by atoms with van der Waals surface area (Å²) in [6, 6.07) is 14.5. The summed E-state index contributed by atoms with van der Waals surface area (Å²) >= 11 is 0. The highest BCUT2D eigenvalue weighted by atomic mass is 16.6. The number of hydrogen-bond acceptors (Lipinski definition) is 6. The lowest BCUT2D eigenvalue weighted by Gasteiger charge is -2.13. The van der Waals surface area contributed by atoms with Crippen molar-refractivity contribution in [2.24, 2.45) is 0 Å². The van der Waals surface area contributed by atoms with Crippen molar-refractivity contribution in [3.63, 3.8) is 0 Å². The van der Waals surface area contributed by atoms with Gasteiger partial charge in [-0.25, -0.2) is 9.59 Å². The highest BCUT2D eigenvalue weighted by Gasteiger charge is 2.14. The molecule has 0 aliphatic heterocycles. The number of benzene rings is 2. The third-order valence-electron chi connectivity index (χ3n) is 4.56. The third-order valence-corrected chi connectivity index (χ3v) is 4.56. The minimum absolute atomic E-state index is 0.160. The molecule has 0 fully saturated rings. The number of fused-ring (bicyclic) bond motifs is 1. The zero-order chi connectivity index (χ0) is 21.5. The van der Waals surface area contributed by atoms with Crippen molar-refractivity contribution < 1.29 is 18.7 Å². The lowest BCUT2D eigenvalue weighted by Crippen LogP contribution is -2.27. The molecule has 1 N–H and O–H groups in total. The Morgan fingerprint density at radius 3 is 2.60 bits per heavy atom. The summed E-state index contributed by atoms with van der Waals surface area (Å²) in [5.74, 6) is 0.505. The second kappa shape index (κ2) is 9.93. The van der Waals surface area contributed by atoms with Crippen LogP contribution in [0.4, 0.5) is 4.79 Å². The summed E-state index contributed by atoms with van der Waals surface area (Å²) in [4.78, 5) is 26.5. The maximum Gasteiger partial charge on any atom is 0.413 e. The number of ether oxygens (including phenoxy) is 2. The molecule has 0 aliphatic rings. The van der Waals surface area contributed by atoms with E-state index in [1.807, 2.05) is 57.4 Å². The normalized spacial score (nSPS) is 10.9. The van der Waals surface area contributed by atoms with Crippen molar-refractivity contribution in [2.75, 3.05) is 27.2 Å². The quantitative estimate of drug-likeness (QED) is 0.450. The zero-order valence-corrected chi connectivity index (χ0v) is 17.4. The van der Waals surface area contributed by atoms with Crippen LogP contribution >= 0.6 is 0 Å². The van der Waals surface area contributed by atoms with E-state index in [9.17, 15) is 9.59 Å². The molecule has 0 spiro atoms. The molecule has 7 heteroatoms. The van der Waals surface area contributed by atoms with E-state index in [0.717, 1.165) is 24.1 Å². The van der Waals surface area contributed by atoms with Crippen molar-refractivity contribution in [3.05, 3.63) is 70.1 Å². The van der Waals surface area contributed by atoms with Gasteiger partial charge in [0.2, 0.25) is 5.75 Å². The van der Waals surface area contributed by atoms with Gasteiger partial charge < -0.3 is 24.1 Å². The molecule has 1 aromatic heterocycles. The van der Waals surface area contributed by atoms with Gasteiger partial charge >= 0.3 is 11.7 Å². The predicted octanol–water partition coefficient (Wildman–Crippen LogP) is 3.72. The Kier molecular flexibility index (Phi) is 7.08. The Morgan fingerprint density at radius 2 is 1.87 bits per heavy atom. The Hall–Kier alpha value is -3.32. The van der Waals surface area contributed by atoms with Crippen LogP contribution in [0.2, 0.25) is 0 Å². The molecule has 158 valence electrons. The van der Waals surface area contributed by atoms with E-state index in [2.05, 4.69) is 10.2 Å². The topological polar surface area (TPSA) is 81.0 Å². The number of amides is 1. The summed E-state index contributed by atoms with van der Waals surface area (Å²) < 4.78 is 16.4. The molecule has 3 aromatic rings. The largest absolute Gasteiger partial charge is 0.493 e. The van der Waals surface area contributed by atoms with Crippen molar-refractivity contribution in [1.29, 1.82) is 0 Å². The van der Waals surface area contributed by atoms with E-state index in [-0.39, 0.29) is 5.75 Å². The van der Waals surface area contributed by atoms with Crippen molar-refractivity contribution >= 4 is 17.1 Å². The van der Waals surface area contributed by atoms with Crippen molar-refractivity contribution in [2.45, 2.75) is 19.9 Å². The smallest absolute Gasteiger partial charge is 0.413 e. The Morgan fingerprint density at radius 1 is 1.10 bits per heavy atom. The van der Waals surface area contributed by atoms with Gasteiger partial charge in [0.15, 0.2) is 0 Å². The molecule has 3 rings (SSSR count). The minimum atomic E-state index is -0.719. The molecule has 0 radical (unpaired) electrons. The van der Waals surface area contributed by atoms with Gasteiger partial charge in [0.1, 0.15) is 11.3 Å². The first-order valence-corrected chi connectivity index (χ1v) is 9.78. The average Bonchev–Trinajstić information content (AvgIpc) is 2.73. The minimum Gasteiger partial charge on any atom is -0.493 e. The van der Waals surface area contributed by atoms with Crippen LogP contribution in [0.5, 0.6) is 11.5 Å². The van der Waals surface area contributed by atoms with Crippen LogP contribution in [-0.2, 0) is 6.54 Å². The van der Waals surface area contributed by atoms with Crippen LogP contribution in [0.1, 0.15) is 17.5 Å². The van der Waals surface area contributed by atoms with Gasteiger partial charge in [-0.05, 0) is 51.2 Å². The number of nitrogens with zero attached hydrogens (tertiary/aromatic N) is 1. The molecule has 0 saturated carbocycles. The Labute approximate surface area is 175 Å². The summed E-state index contributed by atoms with van der Waals surface area (Å²) in [5, 5.41) is 3.27. The van der Waals surface area contributed by atoms with Crippen LogP contribution < -0.4 is 20.4 Å². The van der Waals surface area contributed by atoms with Gasteiger partial charge in [-0.1, -0.05) is 30.3 Å². The van der Waals surface area contributed by atoms with E-state index in [1.54, 1.807) is 6.07 Å². The van der Waals surface area contributed by atoms with E-state index in [1.165, 1.54) is 6.07 Å². The molecule has 1 heterocycles. The summed E-state index contributed by atoms with van der Waals surface area (Å²) in [7, 11) is 4.02.